The molecule has 1 aliphatic carbocycles. The summed E-state index contributed by atoms with van der Waals surface area (Å²) in [4.78, 5) is 24.9. The topological polar surface area (TPSA) is 95.6 Å². The second-order valence-electron chi connectivity index (χ2n) is 9.47. The van der Waals surface area contributed by atoms with E-state index in [4.69, 9.17) is 0 Å². The summed E-state index contributed by atoms with van der Waals surface area (Å²) >= 11 is 0. The SMILES string of the molecule is CCC(=O)Nc1ccc(S(=O)(=O)N2CCc3ccccc3[C@H]2CC(=O)NC2CCCCCC2)cc1. The number of sulfonamides is 1. The molecule has 0 spiro atoms. The molecule has 7 nitrogen and oxygen atoms in total. The molecule has 0 unspecified atom stereocenters. The third-order valence-electron chi connectivity index (χ3n) is 7.03. The average molecular weight is 498 g/mol. The predicted octanol–water partition coefficient (Wildman–Crippen LogP) is 4.55. The van der Waals surface area contributed by atoms with E-state index in [9.17, 15) is 18.0 Å². The minimum absolute atomic E-state index is 0.0946. The molecule has 1 heterocycles. The molecule has 0 saturated heterocycles. The van der Waals surface area contributed by atoms with Gasteiger partial charge in [0.2, 0.25) is 21.8 Å². The van der Waals surface area contributed by atoms with Gasteiger partial charge in [0.05, 0.1) is 10.9 Å². The van der Waals surface area contributed by atoms with Crippen LogP contribution in [0.1, 0.15) is 75.5 Å². The minimum atomic E-state index is -3.85. The van der Waals surface area contributed by atoms with Crippen LogP contribution < -0.4 is 10.6 Å². The summed E-state index contributed by atoms with van der Waals surface area (Å²) in [6.45, 7) is 2.07. The van der Waals surface area contributed by atoms with E-state index < -0.39 is 16.1 Å². The summed E-state index contributed by atoms with van der Waals surface area (Å²) in [5, 5.41) is 5.92. The molecule has 0 bridgehead atoms. The van der Waals surface area contributed by atoms with E-state index in [0.717, 1.165) is 36.8 Å². The number of rotatable bonds is 7. The normalized spacial score (nSPS) is 19.4. The molecule has 2 N–H and O–H groups in total. The second kappa shape index (κ2) is 11.4. The Morgan fingerprint density at radius 3 is 2.31 bits per heavy atom. The van der Waals surface area contributed by atoms with Crippen LogP contribution >= 0.6 is 0 Å². The smallest absolute Gasteiger partial charge is 0.243 e. The summed E-state index contributed by atoms with van der Waals surface area (Å²) in [6, 6.07) is 13.6. The summed E-state index contributed by atoms with van der Waals surface area (Å²) in [7, 11) is -3.85. The molecular formula is C27H35N3O4S. The van der Waals surface area contributed by atoms with Crippen molar-refractivity contribution in [2.24, 2.45) is 0 Å². The van der Waals surface area contributed by atoms with E-state index in [0.29, 0.717) is 25.1 Å². The van der Waals surface area contributed by atoms with E-state index in [1.54, 1.807) is 19.1 Å². The molecule has 2 aliphatic rings. The van der Waals surface area contributed by atoms with Gasteiger partial charge in [-0.25, -0.2) is 8.42 Å². The molecule has 0 radical (unpaired) electrons. The molecule has 1 fully saturated rings. The second-order valence-corrected chi connectivity index (χ2v) is 11.4. The lowest BCUT2D eigenvalue weighted by molar-refractivity contribution is -0.123. The van der Waals surface area contributed by atoms with E-state index in [1.165, 1.54) is 29.3 Å². The maximum absolute atomic E-state index is 13.7. The van der Waals surface area contributed by atoms with Crippen LogP contribution in [-0.2, 0) is 26.0 Å². The van der Waals surface area contributed by atoms with E-state index >= 15 is 0 Å². The van der Waals surface area contributed by atoms with Gasteiger partial charge >= 0.3 is 0 Å². The standard InChI is InChI=1S/C27H35N3O4S/c1-2-26(31)28-22-13-15-23(16-14-22)35(33,34)30-18-17-20-9-7-8-12-24(20)25(30)19-27(32)29-21-10-5-3-4-6-11-21/h7-9,12-16,21,25H,2-6,10-11,17-19H2,1H3,(H,28,31)(H,29,32)/t25-/m1/s1. The van der Waals surface area contributed by atoms with Crippen molar-refractivity contribution in [1.29, 1.82) is 0 Å². The first-order valence-corrected chi connectivity index (χ1v) is 14.1. The first kappa shape index (κ1) is 25.4. The van der Waals surface area contributed by atoms with Crippen molar-refractivity contribution in [2.45, 2.75) is 81.7 Å². The molecule has 35 heavy (non-hydrogen) atoms. The van der Waals surface area contributed by atoms with Crippen LogP contribution in [0.3, 0.4) is 0 Å². The zero-order valence-electron chi connectivity index (χ0n) is 20.3. The Morgan fingerprint density at radius 1 is 0.943 bits per heavy atom. The molecule has 8 heteroatoms. The van der Waals surface area contributed by atoms with Gasteiger partial charge in [0, 0.05) is 31.1 Å². The van der Waals surface area contributed by atoms with Crippen LogP contribution in [-0.4, -0.2) is 37.1 Å². The third-order valence-corrected chi connectivity index (χ3v) is 8.95. The molecule has 1 saturated carbocycles. The number of benzene rings is 2. The fourth-order valence-electron chi connectivity index (χ4n) is 5.11. The Bertz CT molecular complexity index is 1140. The lowest BCUT2D eigenvalue weighted by Crippen LogP contribution is -2.43. The van der Waals surface area contributed by atoms with E-state index in [2.05, 4.69) is 10.6 Å². The van der Waals surface area contributed by atoms with E-state index in [1.807, 2.05) is 24.3 Å². The van der Waals surface area contributed by atoms with Crippen LogP contribution in [0.2, 0.25) is 0 Å². The number of carbonyl (C=O) groups is 2. The lowest BCUT2D eigenvalue weighted by atomic mass is 9.92. The number of fused-ring (bicyclic) bond motifs is 1. The summed E-state index contributed by atoms with van der Waals surface area (Å²) in [5.41, 5.74) is 2.54. The Balaban J connectivity index is 1.57. The highest BCUT2D eigenvalue weighted by molar-refractivity contribution is 7.89. The van der Waals surface area contributed by atoms with E-state index in [-0.39, 0.29) is 29.2 Å². The van der Waals surface area contributed by atoms with Gasteiger partial charge in [-0.3, -0.25) is 9.59 Å². The van der Waals surface area contributed by atoms with Gasteiger partial charge in [-0.15, -0.1) is 0 Å². The number of anilines is 1. The molecule has 2 amide bonds. The van der Waals surface area contributed by atoms with Crippen molar-refractivity contribution in [3.63, 3.8) is 0 Å². The van der Waals surface area contributed by atoms with Crippen LogP contribution in [0, 0.1) is 0 Å². The Labute approximate surface area is 208 Å². The fraction of sp³-hybridized carbons (Fsp3) is 0.481. The number of amides is 2. The van der Waals surface area contributed by atoms with Gasteiger partial charge in [-0.05, 0) is 54.7 Å². The lowest BCUT2D eigenvalue weighted by Gasteiger charge is -2.36. The van der Waals surface area contributed by atoms with Gasteiger partial charge in [0.25, 0.3) is 0 Å². The quantitative estimate of drug-likeness (QED) is 0.549. The van der Waals surface area contributed by atoms with Crippen molar-refractivity contribution < 1.29 is 18.0 Å². The average Bonchev–Trinajstić information content (AvgIpc) is 3.13. The van der Waals surface area contributed by atoms with Gasteiger partial charge < -0.3 is 10.6 Å². The summed E-state index contributed by atoms with van der Waals surface area (Å²) < 4.78 is 28.9. The van der Waals surface area contributed by atoms with Crippen LogP contribution in [0.5, 0.6) is 0 Å². The largest absolute Gasteiger partial charge is 0.353 e. The number of nitrogens with one attached hydrogen (secondary N) is 2. The van der Waals surface area contributed by atoms with Crippen molar-refractivity contribution in [3.05, 3.63) is 59.7 Å². The molecule has 2 aromatic carbocycles. The van der Waals surface area contributed by atoms with Gasteiger partial charge in [-0.2, -0.15) is 4.31 Å². The summed E-state index contributed by atoms with van der Waals surface area (Å²) in [6.07, 6.45) is 7.64. The highest BCUT2D eigenvalue weighted by atomic mass is 32.2. The minimum Gasteiger partial charge on any atom is -0.353 e. The van der Waals surface area contributed by atoms with Gasteiger partial charge in [-0.1, -0.05) is 56.9 Å². The highest BCUT2D eigenvalue weighted by Crippen LogP contribution is 2.36. The molecule has 2 aromatic rings. The fourth-order valence-corrected chi connectivity index (χ4v) is 6.71. The number of carbonyl (C=O) groups excluding carboxylic acids is 2. The van der Waals surface area contributed by atoms with Crippen LogP contribution in [0.25, 0.3) is 0 Å². The molecule has 188 valence electrons. The van der Waals surface area contributed by atoms with Crippen molar-refractivity contribution in [3.8, 4) is 0 Å². The monoisotopic (exact) mass is 497 g/mol. The number of hydrogen-bond acceptors (Lipinski definition) is 4. The van der Waals surface area contributed by atoms with Gasteiger partial charge in [0.15, 0.2) is 0 Å². The molecular weight excluding hydrogens is 462 g/mol. The van der Waals surface area contributed by atoms with Crippen molar-refractivity contribution in [2.75, 3.05) is 11.9 Å². The Morgan fingerprint density at radius 2 is 1.63 bits per heavy atom. The van der Waals surface area contributed by atoms with Crippen LogP contribution in [0.4, 0.5) is 5.69 Å². The van der Waals surface area contributed by atoms with Crippen molar-refractivity contribution >= 4 is 27.5 Å². The summed E-state index contributed by atoms with van der Waals surface area (Å²) in [5.74, 6) is -0.232. The molecule has 0 aromatic heterocycles. The molecule has 1 atom stereocenters. The predicted molar refractivity (Wildman–Crippen MR) is 136 cm³/mol. The zero-order valence-corrected chi connectivity index (χ0v) is 21.1. The molecule has 1 aliphatic heterocycles. The first-order chi connectivity index (χ1) is 16.9. The highest BCUT2D eigenvalue weighted by Gasteiger charge is 2.37. The van der Waals surface area contributed by atoms with Crippen molar-refractivity contribution in [1.82, 2.24) is 9.62 Å². The number of nitrogens with zero attached hydrogens (tertiary/aromatic N) is 1. The number of hydrogen-bond donors (Lipinski definition) is 2. The third kappa shape index (κ3) is 6.11. The maximum Gasteiger partial charge on any atom is 0.243 e. The first-order valence-electron chi connectivity index (χ1n) is 12.7. The maximum atomic E-state index is 13.7. The van der Waals surface area contributed by atoms with Crippen LogP contribution in [0.15, 0.2) is 53.4 Å². The Kier molecular flexibility index (Phi) is 8.23. The zero-order chi connectivity index (χ0) is 24.8. The Hall–Kier alpha value is -2.71. The molecule has 4 rings (SSSR count). The van der Waals surface area contributed by atoms with Gasteiger partial charge in [0.1, 0.15) is 0 Å².